The maximum Gasteiger partial charge on any atom is 0.246 e. The zero-order valence-electron chi connectivity index (χ0n) is 15.1. The summed E-state index contributed by atoms with van der Waals surface area (Å²) in [7, 11) is -3.58. The number of aromatic amines is 1. The normalized spacial score (nSPS) is 21.3. The van der Waals surface area contributed by atoms with Crippen molar-refractivity contribution in [3.63, 3.8) is 0 Å². The van der Waals surface area contributed by atoms with E-state index in [9.17, 15) is 13.2 Å². The molecule has 1 saturated heterocycles. The highest BCUT2D eigenvalue weighted by Gasteiger charge is 2.33. The molecular formula is C17H28N4O3S. The highest BCUT2D eigenvalue weighted by molar-refractivity contribution is 7.89. The number of sulfonamides is 1. The second-order valence-electron chi connectivity index (χ2n) is 7.18. The zero-order chi connectivity index (χ0) is 18.0. The van der Waals surface area contributed by atoms with Crippen LogP contribution in [0.25, 0.3) is 0 Å². The summed E-state index contributed by atoms with van der Waals surface area (Å²) in [5.74, 6) is 0.352. The van der Waals surface area contributed by atoms with Gasteiger partial charge in [0.1, 0.15) is 4.90 Å². The quantitative estimate of drug-likeness (QED) is 0.882. The van der Waals surface area contributed by atoms with Gasteiger partial charge in [-0.15, -0.1) is 0 Å². The van der Waals surface area contributed by atoms with E-state index < -0.39 is 10.0 Å². The van der Waals surface area contributed by atoms with E-state index in [4.69, 9.17) is 0 Å². The maximum atomic E-state index is 13.0. The van der Waals surface area contributed by atoms with Crippen molar-refractivity contribution < 1.29 is 13.2 Å². The number of nitrogens with zero attached hydrogens (tertiary/aromatic N) is 3. The molecule has 2 heterocycles. The Balaban J connectivity index is 1.70. The predicted octanol–water partition coefficient (Wildman–Crippen LogP) is 1.83. The molecule has 0 unspecified atom stereocenters. The predicted molar refractivity (Wildman–Crippen MR) is 94.6 cm³/mol. The van der Waals surface area contributed by atoms with Crippen molar-refractivity contribution >= 4 is 15.9 Å². The molecule has 1 saturated carbocycles. The number of H-pyrrole nitrogens is 1. The smallest absolute Gasteiger partial charge is 0.246 e. The fraction of sp³-hybridized carbons (Fsp3) is 0.765. The number of aromatic nitrogens is 2. The molecule has 1 amide bonds. The lowest BCUT2D eigenvalue weighted by atomic mass is 9.88. The van der Waals surface area contributed by atoms with Crippen LogP contribution in [0.4, 0.5) is 0 Å². The van der Waals surface area contributed by atoms with Crippen molar-refractivity contribution in [2.24, 2.45) is 5.92 Å². The summed E-state index contributed by atoms with van der Waals surface area (Å²) in [5, 5.41) is 6.76. The molecule has 1 aliphatic heterocycles. The summed E-state index contributed by atoms with van der Waals surface area (Å²) in [6.45, 7) is 5.34. The molecule has 0 spiro atoms. The minimum absolute atomic E-state index is 0.135. The second-order valence-corrected chi connectivity index (χ2v) is 9.06. The van der Waals surface area contributed by atoms with Crippen molar-refractivity contribution in [1.29, 1.82) is 0 Å². The lowest BCUT2D eigenvalue weighted by Crippen LogP contribution is -2.40. The largest absolute Gasteiger partial charge is 0.341 e. The van der Waals surface area contributed by atoms with Crippen LogP contribution in [0.15, 0.2) is 4.90 Å². The molecule has 2 aliphatic rings. The minimum Gasteiger partial charge on any atom is -0.341 e. The van der Waals surface area contributed by atoms with Gasteiger partial charge in [-0.3, -0.25) is 9.89 Å². The fourth-order valence-corrected chi connectivity index (χ4v) is 5.81. The van der Waals surface area contributed by atoms with Gasteiger partial charge in [0.15, 0.2) is 0 Å². The number of carbonyl (C=O) groups excluding carboxylic acids is 1. The zero-order valence-corrected chi connectivity index (χ0v) is 15.9. The third-order valence-corrected chi connectivity index (χ3v) is 7.54. The first-order valence-electron chi connectivity index (χ1n) is 9.22. The Morgan fingerprint density at radius 2 is 1.76 bits per heavy atom. The molecule has 1 aromatic rings. The Morgan fingerprint density at radius 3 is 2.40 bits per heavy atom. The van der Waals surface area contributed by atoms with Crippen molar-refractivity contribution in [2.45, 2.75) is 57.3 Å². The molecule has 0 radical (unpaired) electrons. The van der Waals surface area contributed by atoms with Gasteiger partial charge in [0, 0.05) is 32.1 Å². The van der Waals surface area contributed by atoms with Gasteiger partial charge in [-0.1, -0.05) is 19.3 Å². The third kappa shape index (κ3) is 3.74. The molecule has 3 rings (SSSR count). The molecule has 7 nitrogen and oxygen atoms in total. The number of hydrogen-bond acceptors (Lipinski definition) is 4. The summed E-state index contributed by atoms with van der Waals surface area (Å²) < 4.78 is 27.5. The Bertz CT molecular complexity index is 703. The van der Waals surface area contributed by atoms with Crippen LogP contribution in [0.2, 0.25) is 0 Å². The number of rotatable bonds is 3. The van der Waals surface area contributed by atoms with Gasteiger partial charge in [0.05, 0.1) is 11.4 Å². The van der Waals surface area contributed by atoms with Gasteiger partial charge in [-0.25, -0.2) is 8.42 Å². The monoisotopic (exact) mass is 368 g/mol. The summed E-state index contributed by atoms with van der Waals surface area (Å²) >= 11 is 0. The highest BCUT2D eigenvalue weighted by atomic mass is 32.2. The lowest BCUT2D eigenvalue weighted by molar-refractivity contribution is -0.136. The molecule has 0 aromatic carbocycles. The van der Waals surface area contributed by atoms with Crippen LogP contribution in [0, 0.1) is 19.8 Å². The standard InChI is InChI=1S/C17H28N4O3S/c1-13-16(14(2)19-18-13)25(23,24)21-10-6-9-20(11-12-21)17(22)15-7-4-3-5-8-15/h15H,3-12H2,1-2H3,(H,18,19). The van der Waals surface area contributed by atoms with Crippen molar-refractivity contribution in [1.82, 2.24) is 19.4 Å². The summed E-state index contributed by atoms with van der Waals surface area (Å²) in [6.07, 6.45) is 6.11. The first-order chi connectivity index (χ1) is 11.9. The van der Waals surface area contributed by atoms with Crippen LogP contribution < -0.4 is 0 Å². The van der Waals surface area contributed by atoms with Gasteiger partial charge in [-0.05, 0) is 33.1 Å². The van der Waals surface area contributed by atoms with Crippen molar-refractivity contribution in [2.75, 3.05) is 26.2 Å². The number of amides is 1. The first-order valence-corrected chi connectivity index (χ1v) is 10.7. The van der Waals surface area contributed by atoms with Gasteiger partial charge in [0.25, 0.3) is 0 Å². The van der Waals surface area contributed by atoms with Crippen LogP contribution >= 0.6 is 0 Å². The van der Waals surface area contributed by atoms with Crippen LogP contribution in [0.3, 0.4) is 0 Å². The SMILES string of the molecule is Cc1n[nH]c(C)c1S(=O)(=O)N1CCCN(C(=O)C2CCCCC2)CC1. The van der Waals surface area contributed by atoms with E-state index in [1.54, 1.807) is 13.8 Å². The van der Waals surface area contributed by atoms with Crippen molar-refractivity contribution in [3.8, 4) is 0 Å². The van der Waals surface area contributed by atoms with Gasteiger partial charge in [-0.2, -0.15) is 9.40 Å². The van der Waals surface area contributed by atoms with Gasteiger partial charge in [0.2, 0.25) is 15.9 Å². The number of nitrogens with one attached hydrogen (secondary N) is 1. The molecule has 1 aromatic heterocycles. The fourth-order valence-electron chi connectivity index (χ4n) is 4.01. The van der Waals surface area contributed by atoms with E-state index in [0.29, 0.717) is 44.0 Å². The molecule has 1 N–H and O–H groups in total. The lowest BCUT2D eigenvalue weighted by Gasteiger charge is -2.28. The molecule has 1 aliphatic carbocycles. The molecular weight excluding hydrogens is 340 g/mol. The number of hydrogen-bond donors (Lipinski definition) is 1. The van der Waals surface area contributed by atoms with E-state index in [-0.39, 0.29) is 16.7 Å². The Morgan fingerprint density at radius 1 is 1.04 bits per heavy atom. The molecule has 0 bridgehead atoms. The topological polar surface area (TPSA) is 86.4 Å². The van der Waals surface area contributed by atoms with Crippen LogP contribution in [-0.2, 0) is 14.8 Å². The van der Waals surface area contributed by atoms with Crippen molar-refractivity contribution in [3.05, 3.63) is 11.4 Å². The summed E-state index contributed by atoms with van der Waals surface area (Å²) in [6, 6.07) is 0. The average Bonchev–Trinajstić information content (AvgIpc) is 2.81. The summed E-state index contributed by atoms with van der Waals surface area (Å²) in [5.41, 5.74) is 1.06. The van der Waals surface area contributed by atoms with Crippen LogP contribution in [0.1, 0.15) is 49.9 Å². The summed E-state index contributed by atoms with van der Waals surface area (Å²) in [4.78, 5) is 14.9. The highest BCUT2D eigenvalue weighted by Crippen LogP contribution is 2.27. The second kappa shape index (κ2) is 7.45. The Kier molecular flexibility index (Phi) is 5.48. The van der Waals surface area contributed by atoms with E-state index in [1.165, 1.54) is 10.7 Å². The maximum absolute atomic E-state index is 13.0. The average molecular weight is 369 g/mol. The third-order valence-electron chi connectivity index (χ3n) is 5.38. The van der Waals surface area contributed by atoms with Gasteiger partial charge < -0.3 is 4.90 Å². The van der Waals surface area contributed by atoms with E-state index in [1.807, 2.05) is 4.90 Å². The Hall–Kier alpha value is -1.41. The Labute approximate surface area is 149 Å². The molecule has 2 fully saturated rings. The van der Waals surface area contributed by atoms with Gasteiger partial charge >= 0.3 is 0 Å². The van der Waals surface area contributed by atoms with Crippen LogP contribution in [-0.4, -0.2) is 59.9 Å². The molecule has 0 atom stereocenters. The van der Waals surface area contributed by atoms with E-state index in [2.05, 4.69) is 10.2 Å². The minimum atomic E-state index is -3.58. The molecule has 25 heavy (non-hydrogen) atoms. The van der Waals surface area contributed by atoms with E-state index in [0.717, 1.165) is 25.7 Å². The number of carbonyl (C=O) groups is 1. The number of aryl methyl sites for hydroxylation is 2. The first kappa shape index (κ1) is 18.4. The molecule has 8 heteroatoms. The molecule has 140 valence electrons. The van der Waals surface area contributed by atoms with E-state index >= 15 is 0 Å². The van der Waals surface area contributed by atoms with Crippen LogP contribution in [0.5, 0.6) is 0 Å².